The molecular formula is C22H23ClN4O5S. The van der Waals surface area contributed by atoms with Crippen LogP contribution in [0.2, 0.25) is 5.02 Å². The highest BCUT2D eigenvalue weighted by Crippen LogP contribution is 2.25. The quantitative estimate of drug-likeness (QED) is 0.507. The highest BCUT2D eigenvalue weighted by atomic mass is 35.5. The van der Waals surface area contributed by atoms with Crippen LogP contribution in [0.25, 0.3) is 5.69 Å². The van der Waals surface area contributed by atoms with E-state index in [4.69, 9.17) is 16.3 Å². The van der Waals surface area contributed by atoms with E-state index in [9.17, 15) is 18.0 Å². The van der Waals surface area contributed by atoms with Gasteiger partial charge in [0.25, 0.3) is 5.91 Å². The molecule has 0 bridgehead atoms. The maximum Gasteiger partial charge on any atom is 0.341 e. The molecule has 3 aromatic rings. The first kappa shape index (κ1) is 24.4. The topological polar surface area (TPSA) is 111 Å². The van der Waals surface area contributed by atoms with Gasteiger partial charge in [-0.3, -0.25) is 4.79 Å². The van der Waals surface area contributed by atoms with Gasteiger partial charge in [-0.15, -0.1) is 0 Å². The van der Waals surface area contributed by atoms with Crippen molar-refractivity contribution in [2.75, 3.05) is 26.0 Å². The number of anilines is 1. The van der Waals surface area contributed by atoms with E-state index in [1.807, 2.05) is 0 Å². The summed E-state index contributed by atoms with van der Waals surface area (Å²) >= 11 is 6.04. The molecule has 0 unspecified atom stereocenters. The molecule has 0 aliphatic heterocycles. The van der Waals surface area contributed by atoms with Gasteiger partial charge in [0.2, 0.25) is 10.0 Å². The van der Waals surface area contributed by atoms with Crippen LogP contribution in [0.15, 0.2) is 53.6 Å². The fraction of sp³-hybridized carbons (Fsp3) is 0.227. The molecule has 2 aromatic carbocycles. The summed E-state index contributed by atoms with van der Waals surface area (Å²) in [4.78, 5) is 24.5. The number of carbonyl (C=O) groups is 2. The van der Waals surface area contributed by atoms with Crippen molar-refractivity contribution in [3.8, 4) is 5.69 Å². The number of halogens is 1. The number of nitrogens with one attached hydrogen (secondary N) is 1. The highest BCUT2D eigenvalue weighted by molar-refractivity contribution is 7.89. The van der Waals surface area contributed by atoms with Crippen LogP contribution >= 0.6 is 11.6 Å². The van der Waals surface area contributed by atoms with E-state index >= 15 is 0 Å². The van der Waals surface area contributed by atoms with E-state index in [0.29, 0.717) is 22.6 Å². The van der Waals surface area contributed by atoms with Gasteiger partial charge in [0.05, 0.1) is 29.2 Å². The third-order valence-corrected chi connectivity index (χ3v) is 7.12. The summed E-state index contributed by atoms with van der Waals surface area (Å²) in [6.45, 7) is 3.76. The number of benzene rings is 2. The number of aromatic nitrogens is 2. The summed E-state index contributed by atoms with van der Waals surface area (Å²) in [6.07, 6.45) is 1.45. The SMILES string of the molecule is CCOC(=O)c1cnn(-c2ccc(NC(=O)c3ccc(Cl)c(S(=O)(=O)N(C)C)c3)cc2)c1C. The Morgan fingerprint density at radius 3 is 2.42 bits per heavy atom. The molecule has 0 saturated carbocycles. The predicted octanol–water partition coefficient (Wildman–Crippen LogP) is 3.51. The second kappa shape index (κ2) is 9.74. The lowest BCUT2D eigenvalue weighted by molar-refractivity contribution is 0.0525. The highest BCUT2D eigenvalue weighted by Gasteiger charge is 2.22. The lowest BCUT2D eigenvalue weighted by Crippen LogP contribution is -2.23. The monoisotopic (exact) mass is 490 g/mol. The largest absolute Gasteiger partial charge is 0.462 e. The van der Waals surface area contributed by atoms with Crippen LogP contribution in [0.4, 0.5) is 5.69 Å². The van der Waals surface area contributed by atoms with Gasteiger partial charge in [-0.2, -0.15) is 5.10 Å². The zero-order valence-corrected chi connectivity index (χ0v) is 20.1. The number of hydrogen-bond donors (Lipinski definition) is 1. The molecule has 0 spiro atoms. The summed E-state index contributed by atoms with van der Waals surface area (Å²) in [5, 5.41) is 6.99. The third-order valence-electron chi connectivity index (χ3n) is 4.83. The molecule has 11 heteroatoms. The molecule has 9 nitrogen and oxygen atoms in total. The first-order valence-electron chi connectivity index (χ1n) is 9.92. The summed E-state index contributed by atoms with van der Waals surface area (Å²) in [6, 6.07) is 10.9. The Morgan fingerprint density at radius 1 is 1.15 bits per heavy atom. The Balaban J connectivity index is 1.80. The van der Waals surface area contributed by atoms with Gasteiger partial charge in [0.1, 0.15) is 10.5 Å². The number of sulfonamides is 1. The van der Waals surface area contributed by atoms with Crippen molar-refractivity contribution in [1.29, 1.82) is 0 Å². The molecule has 0 saturated heterocycles. The van der Waals surface area contributed by atoms with Crippen LogP contribution in [0.5, 0.6) is 0 Å². The first-order valence-corrected chi connectivity index (χ1v) is 11.7. The van der Waals surface area contributed by atoms with Crippen molar-refractivity contribution >= 4 is 39.2 Å². The van der Waals surface area contributed by atoms with Crippen LogP contribution in [0.1, 0.15) is 33.3 Å². The lowest BCUT2D eigenvalue weighted by Gasteiger charge is -2.14. The maximum absolute atomic E-state index is 12.7. The van der Waals surface area contributed by atoms with Gasteiger partial charge in [-0.1, -0.05) is 11.6 Å². The lowest BCUT2D eigenvalue weighted by atomic mass is 10.2. The Bertz CT molecular complexity index is 1300. The van der Waals surface area contributed by atoms with Crippen LogP contribution in [-0.4, -0.2) is 55.1 Å². The molecular weight excluding hydrogens is 468 g/mol. The van der Waals surface area contributed by atoms with E-state index in [1.54, 1.807) is 42.8 Å². The average molecular weight is 491 g/mol. The van der Waals surface area contributed by atoms with Gasteiger partial charge in [-0.05, 0) is 56.3 Å². The van der Waals surface area contributed by atoms with Crippen molar-refractivity contribution < 1.29 is 22.7 Å². The van der Waals surface area contributed by atoms with Gasteiger partial charge in [0.15, 0.2) is 0 Å². The molecule has 0 fully saturated rings. The average Bonchev–Trinajstić information content (AvgIpc) is 3.15. The Labute approximate surface area is 197 Å². The minimum absolute atomic E-state index is 0.0291. The standard InChI is InChI=1S/C22H23ClN4O5S/c1-5-32-22(29)18-13-24-27(14(18)2)17-9-7-16(8-10-17)25-21(28)15-6-11-19(23)20(12-15)33(30,31)26(3)4/h6-13H,5H2,1-4H3,(H,25,28). The number of hydrogen-bond acceptors (Lipinski definition) is 6. The molecule has 0 atom stereocenters. The van der Waals surface area contributed by atoms with Gasteiger partial charge in [0, 0.05) is 25.3 Å². The number of esters is 1. The minimum atomic E-state index is -3.81. The fourth-order valence-corrected chi connectivity index (χ4v) is 4.40. The van der Waals surface area contributed by atoms with E-state index in [-0.39, 0.29) is 22.1 Å². The molecule has 0 radical (unpaired) electrons. The van der Waals surface area contributed by atoms with Crippen molar-refractivity contribution in [2.45, 2.75) is 18.7 Å². The van der Waals surface area contributed by atoms with Crippen LogP contribution < -0.4 is 5.32 Å². The number of amides is 1. The number of ether oxygens (including phenoxy) is 1. The molecule has 0 aliphatic carbocycles. The molecule has 33 heavy (non-hydrogen) atoms. The molecule has 1 amide bonds. The second-order valence-corrected chi connectivity index (χ2v) is 9.74. The van der Waals surface area contributed by atoms with Gasteiger partial charge in [-0.25, -0.2) is 22.2 Å². The van der Waals surface area contributed by atoms with Crippen LogP contribution in [0.3, 0.4) is 0 Å². The molecule has 1 N–H and O–H groups in total. The second-order valence-electron chi connectivity index (χ2n) is 7.21. The van der Waals surface area contributed by atoms with Gasteiger partial charge >= 0.3 is 5.97 Å². The fourth-order valence-electron chi connectivity index (χ4n) is 3.01. The van der Waals surface area contributed by atoms with Crippen molar-refractivity contribution in [2.24, 2.45) is 0 Å². The zero-order chi connectivity index (χ0) is 24.3. The number of rotatable bonds is 7. The Morgan fingerprint density at radius 2 is 1.82 bits per heavy atom. The van der Waals surface area contributed by atoms with E-state index < -0.39 is 21.9 Å². The number of carbonyl (C=O) groups excluding carboxylic acids is 2. The molecule has 0 aliphatic rings. The van der Waals surface area contributed by atoms with E-state index in [0.717, 1.165) is 4.31 Å². The summed E-state index contributed by atoms with van der Waals surface area (Å²) in [5.41, 5.74) is 2.32. The first-order chi connectivity index (χ1) is 15.6. The van der Waals surface area contributed by atoms with E-state index in [1.165, 1.54) is 38.5 Å². The molecule has 174 valence electrons. The summed E-state index contributed by atoms with van der Waals surface area (Å²) in [7, 11) is -1.03. The predicted molar refractivity (Wildman–Crippen MR) is 125 cm³/mol. The Hall–Kier alpha value is -3.21. The normalized spacial score (nSPS) is 11.5. The van der Waals surface area contributed by atoms with Crippen LogP contribution in [-0.2, 0) is 14.8 Å². The smallest absolute Gasteiger partial charge is 0.341 e. The van der Waals surface area contributed by atoms with E-state index in [2.05, 4.69) is 10.4 Å². The minimum Gasteiger partial charge on any atom is -0.462 e. The zero-order valence-electron chi connectivity index (χ0n) is 18.5. The molecule has 1 heterocycles. The van der Waals surface area contributed by atoms with Gasteiger partial charge < -0.3 is 10.1 Å². The molecule has 1 aromatic heterocycles. The summed E-state index contributed by atoms with van der Waals surface area (Å²) in [5.74, 6) is -0.932. The summed E-state index contributed by atoms with van der Waals surface area (Å²) < 4.78 is 32.5. The Kier molecular flexibility index (Phi) is 7.21. The van der Waals surface area contributed by atoms with Crippen molar-refractivity contribution in [3.05, 3.63) is 70.5 Å². The van der Waals surface area contributed by atoms with Crippen LogP contribution in [0, 0.1) is 6.92 Å². The van der Waals surface area contributed by atoms with Crippen molar-refractivity contribution in [1.82, 2.24) is 14.1 Å². The maximum atomic E-state index is 12.7. The number of nitrogens with zero attached hydrogens (tertiary/aromatic N) is 3. The van der Waals surface area contributed by atoms with Crippen molar-refractivity contribution in [3.63, 3.8) is 0 Å². The molecule has 3 rings (SSSR count). The third kappa shape index (κ3) is 5.08.